The Hall–Kier alpha value is -0.670. The van der Waals surface area contributed by atoms with E-state index in [2.05, 4.69) is 15.3 Å². The summed E-state index contributed by atoms with van der Waals surface area (Å²) in [5, 5.41) is 3.95. The third kappa shape index (κ3) is 1.81. The van der Waals surface area contributed by atoms with Crippen LogP contribution in [0.2, 0.25) is 5.15 Å². The molecule has 1 aliphatic rings. The Balaban J connectivity index is 2.47. The third-order valence-electron chi connectivity index (χ3n) is 2.24. The van der Waals surface area contributed by atoms with Crippen LogP contribution in [0.15, 0.2) is 0 Å². The summed E-state index contributed by atoms with van der Waals surface area (Å²) in [5.41, 5.74) is 2.24. The monoisotopic (exact) mass is 197 g/mol. The van der Waals surface area contributed by atoms with Gasteiger partial charge in [0, 0.05) is 18.5 Å². The molecule has 1 aliphatic heterocycles. The number of aromatic nitrogens is 2. The second-order valence-electron chi connectivity index (χ2n) is 3.24. The van der Waals surface area contributed by atoms with Crippen LogP contribution in [-0.4, -0.2) is 23.1 Å². The molecule has 1 aromatic heterocycles. The van der Waals surface area contributed by atoms with Gasteiger partial charge in [-0.25, -0.2) is 9.97 Å². The number of hydrogen-bond donors (Lipinski definition) is 1. The van der Waals surface area contributed by atoms with Crippen molar-refractivity contribution in [1.82, 2.24) is 15.3 Å². The van der Waals surface area contributed by atoms with Crippen molar-refractivity contribution in [3.63, 3.8) is 0 Å². The van der Waals surface area contributed by atoms with Crippen LogP contribution in [0, 0.1) is 6.92 Å². The zero-order valence-corrected chi connectivity index (χ0v) is 8.36. The molecule has 2 heterocycles. The van der Waals surface area contributed by atoms with Crippen LogP contribution in [0.4, 0.5) is 0 Å². The first kappa shape index (κ1) is 8.91. The molecule has 0 radical (unpaired) electrons. The van der Waals surface area contributed by atoms with Crippen molar-refractivity contribution >= 4 is 11.6 Å². The standard InChI is InChI=1S/C9H12ClN3/c1-6-12-8-3-5-11-4-2-7(8)9(10)13-6/h11H,2-5H2,1H3. The van der Waals surface area contributed by atoms with Gasteiger partial charge in [0.05, 0.1) is 5.69 Å². The number of nitrogens with one attached hydrogen (secondary N) is 1. The Morgan fingerprint density at radius 2 is 2.00 bits per heavy atom. The van der Waals surface area contributed by atoms with E-state index in [0.717, 1.165) is 43.0 Å². The summed E-state index contributed by atoms with van der Waals surface area (Å²) < 4.78 is 0. The Morgan fingerprint density at radius 3 is 2.85 bits per heavy atom. The molecule has 0 saturated carbocycles. The molecule has 13 heavy (non-hydrogen) atoms. The minimum atomic E-state index is 0.631. The Morgan fingerprint density at radius 1 is 1.23 bits per heavy atom. The lowest BCUT2D eigenvalue weighted by Crippen LogP contribution is -2.16. The third-order valence-corrected chi connectivity index (χ3v) is 2.56. The van der Waals surface area contributed by atoms with Gasteiger partial charge in [0.25, 0.3) is 0 Å². The molecule has 0 spiro atoms. The summed E-state index contributed by atoms with van der Waals surface area (Å²) in [6, 6.07) is 0. The normalized spacial score (nSPS) is 16.5. The molecule has 4 heteroatoms. The maximum atomic E-state index is 6.04. The van der Waals surface area contributed by atoms with E-state index in [-0.39, 0.29) is 0 Å². The van der Waals surface area contributed by atoms with Crippen molar-refractivity contribution < 1.29 is 0 Å². The Kier molecular flexibility index (Phi) is 2.47. The van der Waals surface area contributed by atoms with E-state index in [1.807, 2.05) is 6.92 Å². The summed E-state index contributed by atoms with van der Waals surface area (Å²) in [4.78, 5) is 8.55. The van der Waals surface area contributed by atoms with Gasteiger partial charge in [0.15, 0.2) is 0 Å². The van der Waals surface area contributed by atoms with Crippen molar-refractivity contribution in [2.75, 3.05) is 13.1 Å². The molecule has 0 fully saturated rings. The fraction of sp³-hybridized carbons (Fsp3) is 0.556. The van der Waals surface area contributed by atoms with E-state index in [1.165, 1.54) is 0 Å². The first-order valence-electron chi connectivity index (χ1n) is 4.50. The molecule has 0 unspecified atom stereocenters. The quantitative estimate of drug-likeness (QED) is 0.634. The summed E-state index contributed by atoms with van der Waals surface area (Å²) in [6.07, 6.45) is 1.90. The van der Waals surface area contributed by atoms with Crippen LogP contribution < -0.4 is 5.32 Å². The van der Waals surface area contributed by atoms with E-state index < -0.39 is 0 Å². The molecule has 70 valence electrons. The lowest BCUT2D eigenvalue weighted by atomic mass is 10.1. The highest BCUT2D eigenvalue weighted by Gasteiger charge is 2.13. The lowest BCUT2D eigenvalue weighted by molar-refractivity contribution is 0.708. The van der Waals surface area contributed by atoms with Crippen molar-refractivity contribution in [3.05, 3.63) is 22.2 Å². The van der Waals surface area contributed by atoms with Crippen molar-refractivity contribution in [2.24, 2.45) is 0 Å². The largest absolute Gasteiger partial charge is 0.316 e. The van der Waals surface area contributed by atoms with Crippen LogP contribution in [0.25, 0.3) is 0 Å². The second kappa shape index (κ2) is 3.60. The number of halogens is 1. The fourth-order valence-corrected chi connectivity index (χ4v) is 1.94. The Bertz CT molecular complexity index is 325. The summed E-state index contributed by atoms with van der Waals surface area (Å²) in [5.74, 6) is 0.769. The van der Waals surface area contributed by atoms with Crippen LogP contribution in [0.5, 0.6) is 0 Å². The van der Waals surface area contributed by atoms with Gasteiger partial charge in [0.1, 0.15) is 11.0 Å². The van der Waals surface area contributed by atoms with Gasteiger partial charge >= 0.3 is 0 Å². The highest BCUT2D eigenvalue weighted by molar-refractivity contribution is 6.30. The molecule has 0 aromatic carbocycles. The fourth-order valence-electron chi connectivity index (χ4n) is 1.62. The first-order valence-corrected chi connectivity index (χ1v) is 4.88. The molecule has 0 saturated heterocycles. The van der Waals surface area contributed by atoms with Gasteiger partial charge in [-0.1, -0.05) is 11.6 Å². The van der Waals surface area contributed by atoms with Crippen molar-refractivity contribution in [2.45, 2.75) is 19.8 Å². The zero-order valence-electron chi connectivity index (χ0n) is 7.60. The van der Waals surface area contributed by atoms with Gasteiger partial charge in [-0.3, -0.25) is 0 Å². The molecule has 1 aromatic rings. The summed E-state index contributed by atoms with van der Waals surface area (Å²) in [6.45, 7) is 3.84. The number of fused-ring (bicyclic) bond motifs is 1. The molecule has 0 aliphatic carbocycles. The summed E-state index contributed by atoms with van der Waals surface area (Å²) in [7, 11) is 0. The number of rotatable bonds is 0. The van der Waals surface area contributed by atoms with Gasteiger partial charge in [-0.2, -0.15) is 0 Å². The van der Waals surface area contributed by atoms with Crippen molar-refractivity contribution in [1.29, 1.82) is 0 Å². The summed E-state index contributed by atoms with van der Waals surface area (Å²) >= 11 is 6.04. The van der Waals surface area contributed by atoms with Crippen LogP contribution in [-0.2, 0) is 12.8 Å². The minimum absolute atomic E-state index is 0.631. The molecule has 0 atom stereocenters. The van der Waals surface area contributed by atoms with Gasteiger partial charge in [0.2, 0.25) is 0 Å². The van der Waals surface area contributed by atoms with Gasteiger partial charge in [-0.15, -0.1) is 0 Å². The van der Waals surface area contributed by atoms with E-state index in [9.17, 15) is 0 Å². The van der Waals surface area contributed by atoms with Crippen LogP contribution >= 0.6 is 11.6 Å². The van der Waals surface area contributed by atoms with Crippen LogP contribution in [0.1, 0.15) is 17.1 Å². The van der Waals surface area contributed by atoms with E-state index >= 15 is 0 Å². The second-order valence-corrected chi connectivity index (χ2v) is 3.59. The number of aryl methyl sites for hydroxylation is 1. The molecular weight excluding hydrogens is 186 g/mol. The SMILES string of the molecule is Cc1nc(Cl)c2c(n1)CCNCC2. The molecule has 0 amide bonds. The highest BCUT2D eigenvalue weighted by atomic mass is 35.5. The lowest BCUT2D eigenvalue weighted by Gasteiger charge is -2.06. The number of hydrogen-bond acceptors (Lipinski definition) is 3. The topological polar surface area (TPSA) is 37.8 Å². The van der Waals surface area contributed by atoms with Crippen LogP contribution in [0.3, 0.4) is 0 Å². The van der Waals surface area contributed by atoms with Crippen molar-refractivity contribution in [3.8, 4) is 0 Å². The average molecular weight is 198 g/mol. The molecule has 2 rings (SSSR count). The average Bonchev–Trinajstić information content (AvgIpc) is 2.28. The molecule has 0 bridgehead atoms. The minimum Gasteiger partial charge on any atom is -0.316 e. The van der Waals surface area contributed by atoms with E-state index in [1.54, 1.807) is 0 Å². The zero-order chi connectivity index (χ0) is 9.26. The smallest absolute Gasteiger partial charge is 0.136 e. The predicted molar refractivity (Wildman–Crippen MR) is 52.1 cm³/mol. The Labute approximate surface area is 82.5 Å². The van der Waals surface area contributed by atoms with E-state index in [4.69, 9.17) is 11.6 Å². The molecule has 1 N–H and O–H groups in total. The predicted octanol–water partition coefficient (Wildman–Crippen LogP) is 1.13. The number of nitrogens with zero attached hydrogens (tertiary/aromatic N) is 2. The molecular formula is C9H12ClN3. The van der Waals surface area contributed by atoms with E-state index in [0.29, 0.717) is 5.15 Å². The highest BCUT2D eigenvalue weighted by Crippen LogP contribution is 2.18. The van der Waals surface area contributed by atoms with Gasteiger partial charge in [-0.05, 0) is 19.9 Å². The van der Waals surface area contributed by atoms with Gasteiger partial charge < -0.3 is 5.32 Å². The maximum absolute atomic E-state index is 6.04. The maximum Gasteiger partial charge on any atom is 0.136 e. The first-order chi connectivity index (χ1) is 6.27. The molecule has 3 nitrogen and oxygen atoms in total.